The van der Waals surface area contributed by atoms with Crippen LogP contribution in [0.3, 0.4) is 0 Å². The monoisotopic (exact) mass is 329 g/mol. The lowest BCUT2D eigenvalue weighted by Gasteiger charge is -2.17. The molecule has 0 unspecified atom stereocenters. The number of para-hydroxylation sites is 1. The fourth-order valence-corrected chi connectivity index (χ4v) is 2.73. The number of hydrogen-bond donors (Lipinski definition) is 0. The normalized spacial score (nSPS) is 11.7. The Bertz CT molecular complexity index is 999. The molecule has 0 atom stereocenters. The number of hydrogen-bond acceptors (Lipinski definition) is 1. The molecule has 0 radical (unpaired) electrons. The van der Waals surface area contributed by atoms with Gasteiger partial charge in [0.25, 0.3) is 5.56 Å². The van der Waals surface area contributed by atoms with Gasteiger partial charge in [-0.05, 0) is 36.1 Å². The molecule has 1 aromatic heterocycles. The molecule has 24 heavy (non-hydrogen) atoms. The van der Waals surface area contributed by atoms with Gasteiger partial charge in [-0.2, -0.15) is 13.2 Å². The standard InChI is InChI=1S/C19H14F3NO/c1-12(2)15-11-23(18(24)14-8-4-3-7-13(14)15)17-10-6-5-9-16(17)19(20,21)22/h3-11H,1H2,2H3. The van der Waals surface area contributed by atoms with E-state index in [2.05, 4.69) is 6.58 Å². The van der Waals surface area contributed by atoms with Crippen LogP contribution in [-0.2, 0) is 6.18 Å². The second-order valence-corrected chi connectivity index (χ2v) is 5.56. The molecule has 0 saturated heterocycles. The molecule has 2 aromatic carbocycles. The lowest BCUT2D eigenvalue weighted by atomic mass is 10.0. The lowest BCUT2D eigenvalue weighted by Crippen LogP contribution is -2.22. The van der Waals surface area contributed by atoms with Gasteiger partial charge < -0.3 is 0 Å². The minimum atomic E-state index is -4.55. The Balaban J connectivity index is 2.43. The fourth-order valence-electron chi connectivity index (χ4n) is 2.73. The van der Waals surface area contributed by atoms with Gasteiger partial charge >= 0.3 is 6.18 Å². The summed E-state index contributed by atoms with van der Waals surface area (Å²) in [5.41, 5.74) is -0.225. The Morgan fingerprint density at radius 1 is 1.00 bits per heavy atom. The third-order valence-electron chi connectivity index (χ3n) is 3.85. The molecule has 0 fully saturated rings. The summed E-state index contributed by atoms with van der Waals surface area (Å²) in [7, 11) is 0. The number of pyridine rings is 1. The highest BCUT2D eigenvalue weighted by Gasteiger charge is 2.34. The van der Waals surface area contributed by atoms with Gasteiger partial charge in [-0.1, -0.05) is 36.9 Å². The van der Waals surface area contributed by atoms with Gasteiger partial charge in [0.15, 0.2) is 0 Å². The number of halogens is 3. The van der Waals surface area contributed by atoms with E-state index in [1.54, 1.807) is 31.2 Å². The van der Waals surface area contributed by atoms with Crippen molar-refractivity contribution in [1.29, 1.82) is 0 Å². The van der Waals surface area contributed by atoms with Gasteiger partial charge in [0, 0.05) is 17.1 Å². The van der Waals surface area contributed by atoms with Crippen LogP contribution >= 0.6 is 0 Å². The van der Waals surface area contributed by atoms with Crippen molar-refractivity contribution in [2.24, 2.45) is 0 Å². The largest absolute Gasteiger partial charge is 0.418 e. The molecule has 0 amide bonds. The van der Waals surface area contributed by atoms with Crippen molar-refractivity contribution in [3.63, 3.8) is 0 Å². The van der Waals surface area contributed by atoms with Crippen LogP contribution in [0.25, 0.3) is 22.0 Å². The van der Waals surface area contributed by atoms with E-state index < -0.39 is 17.3 Å². The molecule has 0 N–H and O–H groups in total. The smallest absolute Gasteiger partial charge is 0.283 e. The molecule has 0 saturated carbocycles. The quantitative estimate of drug-likeness (QED) is 0.645. The maximum atomic E-state index is 13.3. The lowest BCUT2D eigenvalue weighted by molar-refractivity contribution is -0.137. The molecular formula is C19H14F3NO. The van der Waals surface area contributed by atoms with E-state index in [0.29, 0.717) is 21.9 Å². The maximum Gasteiger partial charge on any atom is 0.418 e. The Morgan fingerprint density at radius 3 is 2.21 bits per heavy atom. The zero-order chi connectivity index (χ0) is 17.5. The molecule has 3 aromatic rings. The van der Waals surface area contributed by atoms with Crippen molar-refractivity contribution in [2.45, 2.75) is 13.1 Å². The predicted molar refractivity (Wildman–Crippen MR) is 89.3 cm³/mol. The molecule has 3 rings (SSSR count). The van der Waals surface area contributed by atoms with E-state index >= 15 is 0 Å². The van der Waals surface area contributed by atoms with E-state index in [-0.39, 0.29) is 5.69 Å². The Labute approximate surface area is 136 Å². The summed E-state index contributed by atoms with van der Waals surface area (Å²) in [6.45, 7) is 5.63. The number of aromatic nitrogens is 1. The maximum absolute atomic E-state index is 13.3. The predicted octanol–water partition coefficient (Wildman–Crippen LogP) is 5.04. The van der Waals surface area contributed by atoms with Gasteiger partial charge in [-0.15, -0.1) is 0 Å². The minimum absolute atomic E-state index is 0.191. The number of fused-ring (bicyclic) bond motifs is 1. The van der Waals surface area contributed by atoms with Crippen molar-refractivity contribution < 1.29 is 13.2 Å². The average Bonchev–Trinajstić information content (AvgIpc) is 2.54. The molecule has 0 spiro atoms. The van der Waals surface area contributed by atoms with Crippen molar-refractivity contribution >= 4 is 16.3 Å². The third kappa shape index (κ3) is 2.62. The molecule has 0 bridgehead atoms. The molecule has 5 heteroatoms. The first-order chi connectivity index (χ1) is 11.3. The summed E-state index contributed by atoms with van der Waals surface area (Å²) in [6.07, 6.45) is -3.12. The van der Waals surface area contributed by atoms with Crippen LogP contribution in [0.4, 0.5) is 13.2 Å². The van der Waals surface area contributed by atoms with Gasteiger partial charge in [-0.3, -0.25) is 9.36 Å². The van der Waals surface area contributed by atoms with Crippen molar-refractivity contribution in [3.8, 4) is 5.69 Å². The highest BCUT2D eigenvalue weighted by molar-refractivity contribution is 5.92. The van der Waals surface area contributed by atoms with E-state index in [4.69, 9.17) is 0 Å². The minimum Gasteiger partial charge on any atom is -0.283 e. The first-order valence-corrected chi connectivity index (χ1v) is 7.27. The van der Waals surface area contributed by atoms with Crippen molar-refractivity contribution in [2.75, 3.05) is 0 Å². The number of benzene rings is 2. The first-order valence-electron chi connectivity index (χ1n) is 7.27. The second-order valence-electron chi connectivity index (χ2n) is 5.56. The molecule has 0 aliphatic heterocycles. The molecular weight excluding hydrogens is 315 g/mol. The van der Waals surface area contributed by atoms with Crippen LogP contribution in [0.2, 0.25) is 0 Å². The summed E-state index contributed by atoms with van der Waals surface area (Å²) in [6, 6.07) is 11.9. The highest BCUT2D eigenvalue weighted by Crippen LogP contribution is 2.34. The van der Waals surface area contributed by atoms with Gasteiger partial charge in [0.05, 0.1) is 11.3 Å². The average molecular weight is 329 g/mol. The van der Waals surface area contributed by atoms with E-state index in [1.807, 2.05) is 0 Å². The Kier molecular flexibility index (Phi) is 3.79. The van der Waals surface area contributed by atoms with Crippen LogP contribution in [-0.4, -0.2) is 4.57 Å². The number of nitrogens with zero attached hydrogens (tertiary/aromatic N) is 1. The Hall–Kier alpha value is -2.82. The van der Waals surface area contributed by atoms with Crippen molar-refractivity contribution in [3.05, 3.63) is 82.8 Å². The van der Waals surface area contributed by atoms with Crippen LogP contribution in [0.5, 0.6) is 0 Å². The summed E-state index contributed by atoms with van der Waals surface area (Å²) in [5, 5.41) is 1.03. The summed E-state index contributed by atoms with van der Waals surface area (Å²) < 4.78 is 41.0. The summed E-state index contributed by atoms with van der Waals surface area (Å²) in [4.78, 5) is 12.7. The van der Waals surface area contributed by atoms with Gasteiger partial charge in [-0.25, -0.2) is 0 Å². The van der Waals surface area contributed by atoms with Crippen LogP contribution in [0.15, 0.2) is 66.1 Å². The van der Waals surface area contributed by atoms with Gasteiger partial charge in [0.2, 0.25) is 0 Å². The zero-order valence-electron chi connectivity index (χ0n) is 12.9. The second kappa shape index (κ2) is 5.67. The molecule has 0 aliphatic carbocycles. The summed E-state index contributed by atoms with van der Waals surface area (Å²) in [5.74, 6) is 0. The molecule has 0 aliphatic rings. The zero-order valence-corrected chi connectivity index (χ0v) is 12.9. The Morgan fingerprint density at radius 2 is 1.58 bits per heavy atom. The third-order valence-corrected chi connectivity index (χ3v) is 3.85. The number of rotatable bonds is 2. The van der Waals surface area contributed by atoms with E-state index in [1.165, 1.54) is 24.4 Å². The van der Waals surface area contributed by atoms with E-state index in [0.717, 1.165) is 10.6 Å². The topological polar surface area (TPSA) is 22.0 Å². The van der Waals surface area contributed by atoms with Crippen LogP contribution in [0, 0.1) is 0 Å². The van der Waals surface area contributed by atoms with Crippen molar-refractivity contribution in [1.82, 2.24) is 4.57 Å². The molecule has 122 valence electrons. The highest BCUT2D eigenvalue weighted by atomic mass is 19.4. The summed E-state index contributed by atoms with van der Waals surface area (Å²) >= 11 is 0. The van der Waals surface area contributed by atoms with Crippen LogP contribution in [0.1, 0.15) is 18.1 Å². The van der Waals surface area contributed by atoms with Crippen LogP contribution < -0.4 is 5.56 Å². The molecule has 2 nitrogen and oxygen atoms in total. The number of allylic oxidation sites excluding steroid dienone is 1. The number of alkyl halides is 3. The molecule has 1 heterocycles. The SMILES string of the molecule is C=C(C)c1cn(-c2ccccc2C(F)(F)F)c(=O)c2ccccc12. The fraction of sp³-hybridized carbons (Fsp3) is 0.105. The first kappa shape index (κ1) is 16.1. The van der Waals surface area contributed by atoms with E-state index in [9.17, 15) is 18.0 Å². The van der Waals surface area contributed by atoms with Gasteiger partial charge in [0.1, 0.15) is 0 Å².